The van der Waals surface area contributed by atoms with Gasteiger partial charge in [0.05, 0.1) is 11.1 Å². The normalized spacial score (nSPS) is 10.2. The van der Waals surface area contributed by atoms with E-state index in [9.17, 15) is 14.7 Å². The number of rotatable bonds is 4. The molecule has 0 amide bonds. The van der Waals surface area contributed by atoms with Crippen LogP contribution < -0.4 is 5.32 Å². The minimum Gasteiger partial charge on any atom is -0.478 e. The first-order chi connectivity index (χ1) is 9.90. The second kappa shape index (κ2) is 5.66. The lowest BCUT2D eigenvalue weighted by Gasteiger charge is -2.14. The minimum absolute atomic E-state index is 0.0222. The smallest absolute Gasteiger partial charge is 0.336 e. The summed E-state index contributed by atoms with van der Waals surface area (Å²) in [6.45, 7) is 3.56. The van der Waals surface area contributed by atoms with Crippen molar-refractivity contribution in [3.63, 3.8) is 0 Å². The highest BCUT2D eigenvalue weighted by Crippen LogP contribution is 2.27. The van der Waals surface area contributed by atoms with Crippen molar-refractivity contribution in [3.8, 4) is 0 Å². The summed E-state index contributed by atoms with van der Waals surface area (Å²) < 4.78 is 0. The van der Waals surface area contributed by atoms with E-state index in [2.05, 4.69) is 5.32 Å². The largest absolute Gasteiger partial charge is 0.478 e. The van der Waals surface area contributed by atoms with Crippen molar-refractivity contribution in [1.82, 2.24) is 0 Å². The zero-order chi connectivity index (χ0) is 15.6. The molecule has 2 aromatic rings. The van der Waals surface area contributed by atoms with Crippen LogP contribution in [0.3, 0.4) is 0 Å². The molecule has 0 saturated carbocycles. The van der Waals surface area contributed by atoms with Gasteiger partial charge in [-0.25, -0.2) is 9.59 Å². The molecule has 0 atom stereocenters. The first-order valence-corrected chi connectivity index (χ1v) is 6.34. The number of anilines is 2. The summed E-state index contributed by atoms with van der Waals surface area (Å²) in [6, 6.07) is 10.1. The maximum Gasteiger partial charge on any atom is 0.336 e. The van der Waals surface area contributed by atoms with E-state index in [1.54, 1.807) is 6.92 Å². The van der Waals surface area contributed by atoms with E-state index in [4.69, 9.17) is 5.11 Å². The van der Waals surface area contributed by atoms with E-state index in [0.29, 0.717) is 11.3 Å². The molecule has 5 heteroatoms. The highest BCUT2D eigenvalue weighted by Gasteiger charge is 2.16. The van der Waals surface area contributed by atoms with E-state index in [0.717, 1.165) is 11.3 Å². The van der Waals surface area contributed by atoms with Gasteiger partial charge in [0.25, 0.3) is 0 Å². The van der Waals surface area contributed by atoms with Crippen LogP contribution in [0.5, 0.6) is 0 Å². The standard InChI is InChI=1S/C16H15NO4/c1-9-5-3-4-6-13(9)17-14-8-11(15(18)19)7-12(10(14)2)16(20)21/h3-8,17H,1-2H3,(H,18,19)(H,20,21). The fourth-order valence-electron chi connectivity index (χ4n) is 2.05. The van der Waals surface area contributed by atoms with Crippen molar-refractivity contribution in [1.29, 1.82) is 0 Å². The third kappa shape index (κ3) is 3.02. The predicted molar refractivity (Wildman–Crippen MR) is 79.6 cm³/mol. The summed E-state index contributed by atoms with van der Waals surface area (Å²) >= 11 is 0. The molecule has 0 bridgehead atoms. The van der Waals surface area contributed by atoms with Gasteiger partial charge in [0, 0.05) is 11.4 Å². The van der Waals surface area contributed by atoms with Gasteiger partial charge in [-0.05, 0) is 43.2 Å². The van der Waals surface area contributed by atoms with E-state index in [1.165, 1.54) is 12.1 Å². The predicted octanol–water partition coefficient (Wildman–Crippen LogP) is 3.44. The van der Waals surface area contributed by atoms with Gasteiger partial charge in [-0.1, -0.05) is 18.2 Å². The molecule has 0 radical (unpaired) electrons. The molecule has 0 aromatic heterocycles. The number of carbonyl (C=O) groups is 2. The first-order valence-electron chi connectivity index (χ1n) is 6.34. The van der Waals surface area contributed by atoms with E-state index in [-0.39, 0.29) is 11.1 Å². The molecule has 0 spiro atoms. The van der Waals surface area contributed by atoms with E-state index >= 15 is 0 Å². The van der Waals surface area contributed by atoms with Gasteiger partial charge in [0.2, 0.25) is 0 Å². The van der Waals surface area contributed by atoms with Crippen LogP contribution >= 0.6 is 0 Å². The van der Waals surface area contributed by atoms with Crippen LogP contribution in [0.1, 0.15) is 31.8 Å². The Labute approximate surface area is 121 Å². The molecule has 0 saturated heterocycles. The number of aromatic carboxylic acids is 2. The monoisotopic (exact) mass is 285 g/mol. The first kappa shape index (κ1) is 14.6. The summed E-state index contributed by atoms with van der Waals surface area (Å²) in [6.07, 6.45) is 0. The van der Waals surface area contributed by atoms with Crippen LogP contribution in [-0.4, -0.2) is 22.2 Å². The Balaban J connectivity index is 2.55. The summed E-state index contributed by atoms with van der Waals surface area (Å²) in [4.78, 5) is 22.4. The molecule has 3 N–H and O–H groups in total. The number of carboxylic acids is 2. The Hall–Kier alpha value is -2.82. The molecular weight excluding hydrogens is 270 g/mol. The van der Waals surface area contributed by atoms with E-state index in [1.807, 2.05) is 31.2 Å². The molecule has 0 aliphatic heterocycles. The maximum absolute atomic E-state index is 11.2. The maximum atomic E-state index is 11.2. The average Bonchev–Trinajstić information content (AvgIpc) is 2.42. The molecule has 0 aliphatic carbocycles. The Morgan fingerprint density at radius 1 is 0.952 bits per heavy atom. The van der Waals surface area contributed by atoms with Gasteiger partial charge in [-0.15, -0.1) is 0 Å². The lowest BCUT2D eigenvalue weighted by molar-refractivity contribution is 0.0695. The van der Waals surface area contributed by atoms with Gasteiger partial charge in [-0.2, -0.15) is 0 Å². The average molecular weight is 285 g/mol. The number of carboxylic acid groups (broad SMARTS) is 2. The molecule has 0 unspecified atom stereocenters. The molecule has 2 aromatic carbocycles. The van der Waals surface area contributed by atoms with Crippen LogP contribution in [-0.2, 0) is 0 Å². The van der Waals surface area contributed by atoms with Crippen molar-refractivity contribution in [2.24, 2.45) is 0 Å². The molecule has 21 heavy (non-hydrogen) atoms. The van der Waals surface area contributed by atoms with Crippen LogP contribution in [0, 0.1) is 13.8 Å². The molecule has 0 fully saturated rings. The number of para-hydroxylation sites is 1. The number of hydrogen-bond donors (Lipinski definition) is 3. The molecule has 108 valence electrons. The van der Waals surface area contributed by atoms with Crippen LogP contribution in [0.15, 0.2) is 36.4 Å². The second-order valence-electron chi connectivity index (χ2n) is 4.75. The van der Waals surface area contributed by atoms with Gasteiger partial charge in [-0.3, -0.25) is 0 Å². The zero-order valence-electron chi connectivity index (χ0n) is 11.7. The number of hydrogen-bond acceptors (Lipinski definition) is 3. The zero-order valence-corrected chi connectivity index (χ0v) is 11.7. The van der Waals surface area contributed by atoms with Crippen LogP contribution in [0.4, 0.5) is 11.4 Å². The molecule has 2 rings (SSSR count). The highest BCUT2D eigenvalue weighted by atomic mass is 16.4. The molecule has 0 heterocycles. The third-order valence-electron chi connectivity index (χ3n) is 3.30. The van der Waals surface area contributed by atoms with Gasteiger partial charge in [0.15, 0.2) is 0 Å². The highest BCUT2D eigenvalue weighted by molar-refractivity contribution is 5.97. The quantitative estimate of drug-likeness (QED) is 0.801. The van der Waals surface area contributed by atoms with Crippen LogP contribution in [0.2, 0.25) is 0 Å². The van der Waals surface area contributed by atoms with Crippen molar-refractivity contribution in [3.05, 3.63) is 58.7 Å². The lowest BCUT2D eigenvalue weighted by Crippen LogP contribution is -2.08. The number of aryl methyl sites for hydroxylation is 1. The number of nitrogens with one attached hydrogen (secondary N) is 1. The van der Waals surface area contributed by atoms with Crippen molar-refractivity contribution in [2.75, 3.05) is 5.32 Å². The summed E-state index contributed by atoms with van der Waals surface area (Å²) in [5, 5.41) is 21.4. The SMILES string of the molecule is Cc1ccccc1Nc1cc(C(=O)O)cc(C(=O)O)c1C. The van der Waals surface area contributed by atoms with Gasteiger partial charge < -0.3 is 15.5 Å². The Morgan fingerprint density at radius 3 is 2.19 bits per heavy atom. The summed E-state index contributed by atoms with van der Waals surface area (Å²) in [5.41, 5.74) is 2.67. The number of benzene rings is 2. The molecule has 0 aliphatic rings. The Morgan fingerprint density at radius 2 is 1.62 bits per heavy atom. The minimum atomic E-state index is -1.16. The summed E-state index contributed by atoms with van der Waals surface area (Å²) in [7, 11) is 0. The van der Waals surface area contributed by atoms with Crippen molar-refractivity contribution in [2.45, 2.75) is 13.8 Å². The molecular formula is C16H15NO4. The fraction of sp³-hybridized carbons (Fsp3) is 0.125. The Bertz CT molecular complexity index is 722. The molecule has 5 nitrogen and oxygen atoms in total. The van der Waals surface area contributed by atoms with Gasteiger partial charge >= 0.3 is 11.9 Å². The topological polar surface area (TPSA) is 86.6 Å². The van der Waals surface area contributed by atoms with Crippen LogP contribution in [0.25, 0.3) is 0 Å². The second-order valence-corrected chi connectivity index (χ2v) is 4.75. The summed E-state index contributed by atoms with van der Waals surface area (Å²) in [5.74, 6) is -2.31. The Kier molecular flexibility index (Phi) is 3.93. The van der Waals surface area contributed by atoms with Gasteiger partial charge in [0.1, 0.15) is 0 Å². The van der Waals surface area contributed by atoms with Crippen molar-refractivity contribution >= 4 is 23.3 Å². The fourth-order valence-corrected chi connectivity index (χ4v) is 2.05. The third-order valence-corrected chi connectivity index (χ3v) is 3.30. The van der Waals surface area contributed by atoms with Crippen molar-refractivity contribution < 1.29 is 19.8 Å². The van der Waals surface area contributed by atoms with E-state index < -0.39 is 11.9 Å². The lowest BCUT2D eigenvalue weighted by atomic mass is 10.0.